The van der Waals surface area contributed by atoms with Gasteiger partial charge >= 0.3 is 0 Å². The van der Waals surface area contributed by atoms with Crippen LogP contribution in [0.15, 0.2) is 47.0 Å². The molecule has 1 atom stereocenters. The number of likely N-dealkylation sites (tertiary alicyclic amines) is 1. The zero-order valence-corrected chi connectivity index (χ0v) is 14.8. The van der Waals surface area contributed by atoms with E-state index < -0.39 is 0 Å². The maximum Gasteiger partial charge on any atom is 0.249 e. The van der Waals surface area contributed by atoms with Gasteiger partial charge < -0.3 is 18.9 Å². The molecule has 0 spiro atoms. The van der Waals surface area contributed by atoms with Crippen LogP contribution in [-0.2, 0) is 11.3 Å². The predicted octanol–water partition coefficient (Wildman–Crippen LogP) is 3.47. The van der Waals surface area contributed by atoms with Crippen molar-refractivity contribution in [2.45, 2.75) is 25.4 Å². The van der Waals surface area contributed by atoms with E-state index in [4.69, 9.17) is 14.0 Å². The molecule has 28 heavy (non-hydrogen) atoms. The van der Waals surface area contributed by atoms with E-state index in [1.165, 1.54) is 12.1 Å². The lowest BCUT2D eigenvalue weighted by atomic mass is 10.1. The largest absolute Gasteiger partial charge is 0.454 e. The maximum absolute atomic E-state index is 13.5. The zero-order chi connectivity index (χ0) is 19.1. The van der Waals surface area contributed by atoms with Gasteiger partial charge in [0.05, 0.1) is 0 Å². The first-order chi connectivity index (χ1) is 13.7. The normalized spacial score (nSPS) is 18.1. The number of ether oxygens (including phenoxy) is 2. The van der Waals surface area contributed by atoms with Gasteiger partial charge in [-0.2, -0.15) is 4.98 Å². The molecule has 2 aromatic carbocycles. The molecule has 8 heteroatoms. The molecule has 0 saturated carbocycles. The van der Waals surface area contributed by atoms with Crippen LogP contribution in [0.1, 0.15) is 30.3 Å². The fraction of sp³-hybridized carbons (Fsp3) is 0.250. The van der Waals surface area contributed by atoms with Gasteiger partial charge in [-0.15, -0.1) is 0 Å². The summed E-state index contributed by atoms with van der Waals surface area (Å²) in [6, 6.07) is 11.3. The molecule has 3 heterocycles. The minimum atomic E-state index is -0.330. The van der Waals surface area contributed by atoms with Gasteiger partial charge in [-0.25, -0.2) is 4.39 Å². The molecule has 5 rings (SSSR count). The molecule has 2 aliphatic heterocycles. The van der Waals surface area contributed by atoms with Gasteiger partial charge in [0.25, 0.3) is 0 Å². The molecule has 1 fully saturated rings. The van der Waals surface area contributed by atoms with Crippen LogP contribution in [0, 0.1) is 5.82 Å². The summed E-state index contributed by atoms with van der Waals surface area (Å²) in [5.41, 5.74) is 1.45. The molecular weight excluding hydrogens is 365 g/mol. The van der Waals surface area contributed by atoms with Gasteiger partial charge in [0, 0.05) is 18.5 Å². The Balaban J connectivity index is 1.40. The summed E-state index contributed by atoms with van der Waals surface area (Å²) in [7, 11) is 0. The van der Waals surface area contributed by atoms with E-state index in [1.54, 1.807) is 29.2 Å². The fourth-order valence-corrected chi connectivity index (χ4v) is 3.54. The topological polar surface area (TPSA) is 77.7 Å². The van der Waals surface area contributed by atoms with Crippen LogP contribution in [0.5, 0.6) is 11.5 Å². The summed E-state index contributed by atoms with van der Waals surface area (Å²) >= 11 is 0. The van der Waals surface area contributed by atoms with Crippen molar-refractivity contribution in [2.75, 3.05) is 6.79 Å². The molecule has 0 bridgehead atoms. The smallest absolute Gasteiger partial charge is 0.249 e. The Bertz CT molecular complexity index is 1050. The van der Waals surface area contributed by atoms with Gasteiger partial charge in [0.2, 0.25) is 24.4 Å². The number of amides is 1. The Morgan fingerprint density at radius 1 is 1.14 bits per heavy atom. The summed E-state index contributed by atoms with van der Waals surface area (Å²) in [5.74, 6) is 1.75. The lowest BCUT2D eigenvalue weighted by molar-refractivity contribution is -0.130. The van der Waals surface area contributed by atoms with Crippen LogP contribution >= 0.6 is 0 Å². The number of carbonyl (C=O) groups excluding carboxylic acids is 1. The third kappa shape index (κ3) is 2.96. The molecule has 1 aromatic heterocycles. The second-order valence-electron chi connectivity index (χ2n) is 6.73. The van der Waals surface area contributed by atoms with E-state index in [1.807, 2.05) is 6.07 Å². The molecule has 7 nitrogen and oxygen atoms in total. The molecule has 1 amide bonds. The van der Waals surface area contributed by atoms with E-state index in [0.29, 0.717) is 42.6 Å². The first kappa shape index (κ1) is 16.7. The number of rotatable bonds is 4. The molecular formula is C20H16FN3O4. The number of aromatic nitrogens is 2. The van der Waals surface area contributed by atoms with Gasteiger partial charge in [-0.1, -0.05) is 17.3 Å². The van der Waals surface area contributed by atoms with Crippen LogP contribution in [0.25, 0.3) is 11.4 Å². The average Bonchev–Trinajstić information content (AvgIpc) is 3.42. The van der Waals surface area contributed by atoms with Crippen molar-refractivity contribution in [1.29, 1.82) is 0 Å². The molecule has 1 unspecified atom stereocenters. The van der Waals surface area contributed by atoms with Crippen molar-refractivity contribution in [3.8, 4) is 22.9 Å². The first-order valence-electron chi connectivity index (χ1n) is 8.95. The maximum atomic E-state index is 13.5. The van der Waals surface area contributed by atoms with E-state index in [0.717, 1.165) is 11.1 Å². The highest BCUT2D eigenvalue weighted by molar-refractivity contribution is 5.78. The van der Waals surface area contributed by atoms with Crippen LogP contribution in [0.2, 0.25) is 0 Å². The van der Waals surface area contributed by atoms with Gasteiger partial charge in [-0.3, -0.25) is 4.79 Å². The highest BCUT2D eigenvalue weighted by atomic mass is 19.1. The van der Waals surface area contributed by atoms with Crippen molar-refractivity contribution in [3.63, 3.8) is 0 Å². The molecule has 3 aromatic rings. The molecule has 0 N–H and O–H groups in total. The van der Waals surface area contributed by atoms with Crippen LogP contribution in [0.4, 0.5) is 4.39 Å². The SMILES string of the molecule is O=C1CCC(c2nc(-c3ccc4c(c3)OCO4)no2)N1Cc1cccc(F)c1. The lowest BCUT2D eigenvalue weighted by Crippen LogP contribution is -2.27. The molecule has 1 saturated heterocycles. The monoisotopic (exact) mass is 381 g/mol. The minimum Gasteiger partial charge on any atom is -0.454 e. The van der Waals surface area contributed by atoms with Crippen LogP contribution in [0.3, 0.4) is 0 Å². The van der Waals surface area contributed by atoms with Crippen molar-refractivity contribution in [3.05, 3.63) is 59.7 Å². The van der Waals surface area contributed by atoms with Crippen LogP contribution in [-0.4, -0.2) is 27.7 Å². The van der Waals surface area contributed by atoms with E-state index in [2.05, 4.69) is 10.1 Å². The Labute approximate surface area is 159 Å². The van der Waals surface area contributed by atoms with Gasteiger partial charge in [0.15, 0.2) is 11.5 Å². The molecule has 0 radical (unpaired) electrons. The second kappa shape index (κ2) is 6.63. The third-order valence-corrected chi connectivity index (χ3v) is 4.93. The number of hydrogen-bond acceptors (Lipinski definition) is 6. The summed E-state index contributed by atoms with van der Waals surface area (Å²) < 4.78 is 29.6. The van der Waals surface area contributed by atoms with Gasteiger partial charge in [0.1, 0.15) is 11.9 Å². The van der Waals surface area contributed by atoms with E-state index >= 15 is 0 Å². The average molecular weight is 381 g/mol. The van der Waals surface area contributed by atoms with Crippen molar-refractivity contribution in [1.82, 2.24) is 15.0 Å². The second-order valence-corrected chi connectivity index (χ2v) is 6.73. The predicted molar refractivity (Wildman–Crippen MR) is 94.8 cm³/mol. The summed E-state index contributed by atoms with van der Waals surface area (Å²) in [6.45, 7) is 0.485. The number of nitrogens with zero attached hydrogens (tertiary/aromatic N) is 3. The quantitative estimate of drug-likeness (QED) is 0.689. The van der Waals surface area contributed by atoms with Crippen LogP contribution < -0.4 is 9.47 Å². The zero-order valence-electron chi connectivity index (χ0n) is 14.8. The lowest BCUT2D eigenvalue weighted by Gasteiger charge is -2.22. The molecule has 2 aliphatic rings. The Kier molecular flexibility index (Phi) is 3.96. The number of fused-ring (bicyclic) bond motifs is 1. The van der Waals surface area contributed by atoms with Crippen molar-refractivity contribution >= 4 is 5.91 Å². The Hall–Kier alpha value is -3.42. The Morgan fingerprint density at radius 2 is 2.04 bits per heavy atom. The fourth-order valence-electron chi connectivity index (χ4n) is 3.54. The first-order valence-corrected chi connectivity index (χ1v) is 8.95. The Morgan fingerprint density at radius 3 is 2.93 bits per heavy atom. The van der Waals surface area contributed by atoms with E-state index in [-0.39, 0.29) is 24.6 Å². The third-order valence-electron chi connectivity index (χ3n) is 4.93. The van der Waals surface area contributed by atoms with Gasteiger partial charge in [-0.05, 0) is 42.3 Å². The molecule has 142 valence electrons. The number of carbonyl (C=O) groups is 1. The highest BCUT2D eigenvalue weighted by Gasteiger charge is 2.36. The number of halogens is 1. The van der Waals surface area contributed by atoms with Crippen molar-refractivity contribution < 1.29 is 23.2 Å². The van der Waals surface area contributed by atoms with E-state index in [9.17, 15) is 9.18 Å². The highest BCUT2D eigenvalue weighted by Crippen LogP contribution is 2.37. The summed E-state index contributed by atoms with van der Waals surface area (Å²) in [5, 5.41) is 4.06. The number of hydrogen-bond donors (Lipinski definition) is 0. The summed E-state index contributed by atoms with van der Waals surface area (Å²) in [4.78, 5) is 18.5. The molecule has 0 aliphatic carbocycles. The standard InChI is InChI=1S/C20H16FN3O4/c21-14-3-1-2-12(8-14)10-24-15(5-7-18(24)25)20-22-19(23-28-20)13-4-6-16-17(9-13)27-11-26-16/h1-4,6,8-9,15H,5,7,10-11H2. The summed E-state index contributed by atoms with van der Waals surface area (Å²) in [6.07, 6.45) is 0.971. The number of benzene rings is 2. The minimum absolute atomic E-state index is 0.0166. The van der Waals surface area contributed by atoms with Crippen molar-refractivity contribution in [2.24, 2.45) is 0 Å².